The molecule has 94 valence electrons. The summed E-state index contributed by atoms with van der Waals surface area (Å²) in [6, 6.07) is 0. The number of hydrogen-bond donors (Lipinski definition) is 2. The topological polar surface area (TPSA) is 94.3 Å². The van der Waals surface area contributed by atoms with Crippen molar-refractivity contribution in [3.05, 3.63) is 11.1 Å². The van der Waals surface area contributed by atoms with Crippen LogP contribution in [0.4, 0.5) is 5.13 Å². The second kappa shape index (κ2) is 5.13. The van der Waals surface area contributed by atoms with E-state index in [0.29, 0.717) is 10.8 Å². The number of nitrogens with one attached hydrogen (secondary N) is 1. The third-order valence-corrected chi connectivity index (χ3v) is 2.95. The zero-order chi connectivity index (χ0) is 13.1. The molecule has 0 aromatic carbocycles. The summed E-state index contributed by atoms with van der Waals surface area (Å²) in [4.78, 5) is 26.3. The molecule has 0 saturated heterocycles. The number of thiazole rings is 1. The maximum atomic E-state index is 11.1. The van der Waals surface area contributed by atoms with E-state index in [2.05, 4.69) is 15.0 Å². The third kappa shape index (κ3) is 3.70. The Morgan fingerprint density at radius 1 is 1.59 bits per heavy atom. The minimum atomic E-state index is -0.875. The molecule has 6 nitrogen and oxygen atoms in total. The number of primary amides is 1. The first-order chi connectivity index (χ1) is 7.85. The summed E-state index contributed by atoms with van der Waals surface area (Å²) < 4.78 is 4.53. The van der Waals surface area contributed by atoms with E-state index in [1.54, 1.807) is 19.2 Å². The van der Waals surface area contributed by atoms with Crippen molar-refractivity contribution in [1.29, 1.82) is 0 Å². The number of hydrogen-bond acceptors (Lipinski definition) is 6. The highest BCUT2D eigenvalue weighted by Gasteiger charge is 2.25. The molecule has 1 amide bonds. The van der Waals surface area contributed by atoms with Crippen LogP contribution in [0.25, 0.3) is 0 Å². The van der Waals surface area contributed by atoms with Crippen LogP contribution < -0.4 is 11.1 Å². The van der Waals surface area contributed by atoms with Crippen molar-refractivity contribution in [3.63, 3.8) is 0 Å². The van der Waals surface area contributed by atoms with Crippen molar-refractivity contribution in [1.82, 2.24) is 4.98 Å². The van der Waals surface area contributed by atoms with Crippen molar-refractivity contribution in [3.8, 4) is 0 Å². The molecule has 0 aliphatic carbocycles. The number of amides is 1. The van der Waals surface area contributed by atoms with Crippen molar-refractivity contribution < 1.29 is 14.3 Å². The van der Waals surface area contributed by atoms with Gasteiger partial charge in [-0.3, -0.25) is 9.59 Å². The molecule has 1 heterocycles. The van der Waals surface area contributed by atoms with E-state index >= 15 is 0 Å². The molecule has 0 saturated carbocycles. The number of ether oxygens (including phenoxy) is 1. The Labute approximate surface area is 103 Å². The van der Waals surface area contributed by atoms with Gasteiger partial charge in [0.15, 0.2) is 5.13 Å². The molecule has 0 atom stereocenters. The lowest BCUT2D eigenvalue weighted by atomic mass is 10.1. The predicted octanol–water partition coefficient (Wildman–Crippen LogP) is 0.534. The molecule has 0 fully saturated rings. The normalized spacial score (nSPS) is 11.0. The van der Waals surface area contributed by atoms with Crippen LogP contribution in [0.1, 0.15) is 19.5 Å². The van der Waals surface area contributed by atoms with Gasteiger partial charge in [0.1, 0.15) is 5.54 Å². The first-order valence-corrected chi connectivity index (χ1v) is 5.82. The van der Waals surface area contributed by atoms with Gasteiger partial charge in [-0.15, -0.1) is 11.3 Å². The number of aromatic nitrogens is 1. The largest absolute Gasteiger partial charge is 0.469 e. The third-order valence-electron chi connectivity index (χ3n) is 2.14. The predicted molar refractivity (Wildman–Crippen MR) is 64.7 cm³/mol. The molecule has 0 bridgehead atoms. The second-order valence-electron chi connectivity index (χ2n) is 4.01. The number of anilines is 1. The van der Waals surface area contributed by atoms with Gasteiger partial charge in [-0.2, -0.15) is 0 Å². The van der Waals surface area contributed by atoms with E-state index in [1.807, 2.05) is 0 Å². The maximum absolute atomic E-state index is 11.1. The van der Waals surface area contributed by atoms with Crippen molar-refractivity contribution in [2.45, 2.75) is 25.8 Å². The molecule has 17 heavy (non-hydrogen) atoms. The zero-order valence-electron chi connectivity index (χ0n) is 9.94. The molecule has 0 radical (unpaired) electrons. The Bertz CT molecular complexity index is 428. The molecule has 3 N–H and O–H groups in total. The van der Waals surface area contributed by atoms with Crippen molar-refractivity contribution >= 4 is 28.3 Å². The highest BCUT2D eigenvalue weighted by molar-refractivity contribution is 7.13. The molecule has 0 spiro atoms. The molecule has 0 unspecified atom stereocenters. The summed E-state index contributed by atoms with van der Waals surface area (Å²) in [5.74, 6) is -0.821. The molecule has 1 aromatic heterocycles. The van der Waals surface area contributed by atoms with E-state index in [4.69, 9.17) is 5.73 Å². The van der Waals surface area contributed by atoms with Crippen LogP contribution in [0.2, 0.25) is 0 Å². The molecule has 1 aromatic rings. The Hall–Kier alpha value is -1.63. The summed E-state index contributed by atoms with van der Waals surface area (Å²) in [6.07, 6.45) is 0.117. The number of carbonyl (C=O) groups is 2. The van der Waals surface area contributed by atoms with E-state index in [1.165, 1.54) is 18.4 Å². The summed E-state index contributed by atoms with van der Waals surface area (Å²) in [7, 11) is 1.32. The molecule has 0 aliphatic rings. The fourth-order valence-corrected chi connectivity index (χ4v) is 1.86. The lowest BCUT2D eigenvalue weighted by Crippen LogP contribution is -2.45. The fourth-order valence-electron chi connectivity index (χ4n) is 0.995. The van der Waals surface area contributed by atoms with Crippen LogP contribution in [-0.4, -0.2) is 29.5 Å². The van der Waals surface area contributed by atoms with Crippen LogP contribution in [0.3, 0.4) is 0 Å². The van der Waals surface area contributed by atoms with Crippen molar-refractivity contribution in [2.24, 2.45) is 5.73 Å². The molecule has 0 aliphatic heterocycles. The van der Waals surface area contributed by atoms with E-state index in [9.17, 15) is 9.59 Å². The van der Waals surface area contributed by atoms with E-state index < -0.39 is 11.4 Å². The number of nitrogens with zero attached hydrogens (tertiary/aromatic N) is 1. The van der Waals surface area contributed by atoms with Crippen LogP contribution >= 0.6 is 11.3 Å². The van der Waals surface area contributed by atoms with Gasteiger partial charge in [0.2, 0.25) is 5.91 Å². The minimum absolute atomic E-state index is 0.117. The second-order valence-corrected chi connectivity index (χ2v) is 4.87. The molecular weight excluding hydrogens is 242 g/mol. The average molecular weight is 257 g/mol. The van der Waals surface area contributed by atoms with Gasteiger partial charge in [-0.05, 0) is 13.8 Å². The van der Waals surface area contributed by atoms with Crippen LogP contribution in [0, 0.1) is 0 Å². The first kappa shape index (κ1) is 13.4. The lowest BCUT2D eigenvalue weighted by molar-refractivity contribution is -0.139. The Morgan fingerprint density at radius 3 is 2.76 bits per heavy atom. The van der Waals surface area contributed by atoms with Gasteiger partial charge in [-0.25, -0.2) is 4.98 Å². The number of rotatable bonds is 5. The number of nitrogens with two attached hydrogens (primary N) is 1. The van der Waals surface area contributed by atoms with Crippen molar-refractivity contribution in [2.75, 3.05) is 12.4 Å². The zero-order valence-corrected chi connectivity index (χ0v) is 10.8. The lowest BCUT2D eigenvalue weighted by Gasteiger charge is -2.21. The van der Waals surface area contributed by atoms with Gasteiger partial charge in [0.25, 0.3) is 0 Å². The Balaban J connectivity index is 2.69. The van der Waals surface area contributed by atoms with Gasteiger partial charge in [0, 0.05) is 5.38 Å². The highest BCUT2D eigenvalue weighted by Crippen LogP contribution is 2.20. The molecule has 1 rings (SSSR count). The Kier molecular flexibility index (Phi) is 4.06. The van der Waals surface area contributed by atoms with Crippen LogP contribution in [-0.2, 0) is 20.7 Å². The number of carbonyl (C=O) groups excluding carboxylic acids is 2. The van der Waals surface area contributed by atoms with Gasteiger partial charge >= 0.3 is 5.97 Å². The smallest absolute Gasteiger partial charge is 0.311 e. The summed E-state index contributed by atoms with van der Waals surface area (Å²) in [5.41, 5.74) is 4.96. The van der Waals surface area contributed by atoms with Crippen LogP contribution in [0.15, 0.2) is 5.38 Å². The minimum Gasteiger partial charge on any atom is -0.469 e. The quantitative estimate of drug-likeness (QED) is 0.750. The summed E-state index contributed by atoms with van der Waals surface area (Å²) in [6.45, 7) is 3.33. The van der Waals surface area contributed by atoms with Crippen LogP contribution in [0.5, 0.6) is 0 Å². The number of methoxy groups -OCH3 is 1. The summed E-state index contributed by atoms with van der Waals surface area (Å²) >= 11 is 1.31. The maximum Gasteiger partial charge on any atom is 0.311 e. The molecular formula is C10H15N3O3S. The van der Waals surface area contributed by atoms with E-state index in [-0.39, 0.29) is 12.4 Å². The van der Waals surface area contributed by atoms with E-state index in [0.717, 1.165) is 0 Å². The van der Waals surface area contributed by atoms with Gasteiger partial charge in [0.05, 0.1) is 19.2 Å². The first-order valence-electron chi connectivity index (χ1n) is 4.94. The van der Waals surface area contributed by atoms with Gasteiger partial charge < -0.3 is 15.8 Å². The average Bonchev–Trinajstić information content (AvgIpc) is 2.64. The summed E-state index contributed by atoms with van der Waals surface area (Å²) in [5, 5.41) is 5.19. The molecule has 7 heteroatoms. The fraction of sp³-hybridized carbons (Fsp3) is 0.500. The Morgan fingerprint density at radius 2 is 2.24 bits per heavy atom. The monoisotopic (exact) mass is 257 g/mol. The standard InChI is InChI=1S/C10H15N3O3S/c1-10(2,8(11)15)13-9-12-6(5-17-9)4-7(14)16-3/h5H,4H2,1-3H3,(H2,11,15)(H,12,13). The highest BCUT2D eigenvalue weighted by atomic mass is 32.1. The number of esters is 1. The van der Waals surface area contributed by atoms with Gasteiger partial charge in [-0.1, -0.05) is 0 Å². The SMILES string of the molecule is COC(=O)Cc1csc(NC(C)(C)C(N)=O)n1.